The maximum atomic E-state index is 12.7. The van der Waals surface area contributed by atoms with Crippen LogP contribution in [0.4, 0.5) is 5.95 Å². The minimum atomic E-state index is 0.231. The van der Waals surface area contributed by atoms with Crippen molar-refractivity contribution in [2.24, 2.45) is 0 Å². The van der Waals surface area contributed by atoms with E-state index in [9.17, 15) is 4.79 Å². The predicted octanol–water partition coefficient (Wildman–Crippen LogP) is 2.58. The molecule has 2 unspecified atom stereocenters. The molecule has 2 aliphatic heterocycles. The fourth-order valence-corrected chi connectivity index (χ4v) is 5.14. The van der Waals surface area contributed by atoms with Crippen molar-refractivity contribution in [3.63, 3.8) is 0 Å². The monoisotopic (exact) mass is 277 g/mol. The first-order valence-corrected chi connectivity index (χ1v) is 8.28. The Labute approximate surface area is 117 Å². The van der Waals surface area contributed by atoms with Gasteiger partial charge in [0.2, 0.25) is 5.95 Å². The Morgan fingerprint density at radius 1 is 1.21 bits per heavy atom. The molecule has 3 aliphatic rings. The maximum absolute atomic E-state index is 12.7. The Balaban J connectivity index is 1.84. The summed E-state index contributed by atoms with van der Waals surface area (Å²) >= 11 is 1.86. The molecule has 0 saturated heterocycles. The molecule has 0 spiro atoms. The van der Waals surface area contributed by atoms with Gasteiger partial charge in [-0.2, -0.15) is 0 Å². The average Bonchev–Trinajstić information content (AvgIpc) is 2.62. The van der Waals surface area contributed by atoms with Crippen LogP contribution in [0.15, 0.2) is 9.82 Å². The van der Waals surface area contributed by atoms with E-state index in [4.69, 9.17) is 4.98 Å². The minimum absolute atomic E-state index is 0.231. The van der Waals surface area contributed by atoms with Crippen molar-refractivity contribution in [1.29, 1.82) is 0 Å². The lowest BCUT2D eigenvalue weighted by atomic mass is 9.93. The number of fused-ring (bicyclic) bond motifs is 4. The van der Waals surface area contributed by atoms with Gasteiger partial charge in [0.25, 0.3) is 5.56 Å². The molecule has 1 saturated carbocycles. The van der Waals surface area contributed by atoms with Gasteiger partial charge in [0, 0.05) is 24.3 Å². The Kier molecular flexibility index (Phi) is 2.83. The zero-order valence-electron chi connectivity index (χ0n) is 11.0. The molecule has 1 aromatic rings. The summed E-state index contributed by atoms with van der Waals surface area (Å²) in [5, 5.41) is 4.88. The summed E-state index contributed by atoms with van der Waals surface area (Å²) in [6.45, 7) is 1.76. The molecule has 1 aliphatic carbocycles. The highest BCUT2D eigenvalue weighted by Gasteiger charge is 2.38. The lowest BCUT2D eigenvalue weighted by Crippen LogP contribution is -2.33. The van der Waals surface area contributed by atoms with Crippen molar-refractivity contribution in [3.05, 3.63) is 15.9 Å². The number of hydrogen-bond donors (Lipinski definition) is 1. The second kappa shape index (κ2) is 4.54. The summed E-state index contributed by atoms with van der Waals surface area (Å²) in [7, 11) is 0. The van der Waals surface area contributed by atoms with Crippen LogP contribution in [0.5, 0.6) is 0 Å². The summed E-state index contributed by atoms with van der Waals surface area (Å²) in [6.07, 6.45) is 7.34. The van der Waals surface area contributed by atoms with Crippen LogP contribution in [0.25, 0.3) is 0 Å². The second-order valence-electron chi connectivity index (χ2n) is 5.79. The maximum Gasteiger partial charge on any atom is 0.259 e. The van der Waals surface area contributed by atoms with Gasteiger partial charge in [-0.3, -0.25) is 9.36 Å². The van der Waals surface area contributed by atoms with Crippen LogP contribution in [-0.2, 0) is 6.54 Å². The van der Waals surface area contributed by atoms with Gasteiger partial charge in [-0.15, -0.1) is 11.8 Å². The first-order valence-electron chi connectivity index (χ1n) is 7.40. The van der Waals surface area contributed by atoms with Crippen LogP contribution in [0.3, 0.4) is 0 Å². The predicted molar refractivity (Wildman–Crippen MR) is 77.1 cm³/mol. The third-order valence-electron chi connectivity index (χ3n) is 4.60. The van der Waals surface area contributed by atoms with Gasteiger partial charge in [-0.05, 0) is 19.3 Å². The molecule has 19 heavy (non-hydrogen) atoms. The van der Waals surface area contributed by atoms with E-state index in [1.807, 2.05) is 16.3 Å². The standard InChI is InChI=1S/C14H19N3OS/c18-13-11-9-5-2-1-3-6-10(9)19-12(11)16-14-15-7-4-8-17(13)14/h9-10H,1-8H2,(H,15,16). The van der Waals surface area contributed by atoms with Crippen molar-refractivity contribution in [3.8, 4) is 0 Å². The van der Waals surface area contributed by atoms with Gasteiger partial charge in [0.05, 0.1) is 5.56 Å². The lowest BCUT2D eigenvalue weighted by molar-refractivity contribution is 0.553. The average molecular weight is 277 g/mol. The number of thioether (sulfide) groups is 1. The largest absolute Gasteiger partial charge is 0.355 e. The number of hydrogen-bond acceptors (Lipinski definition) is 4. The fraction of sp³-hybridized carbons (Fsp3) is 0.714. The zero-order valence-corrected chi connectivity index (χ0v) is 11.8. The second-order valence-corrected chi connectivity index (χ2v) is 7.02. The van der Waals surface area contributed by atoms with Gasteiger partial charge < -0.3 is 5.32 Å². The summed E-state index contributed by atoms with van der Waals surface area (Å²) in [4.78, 5) is 17.5. The van der Waals surface area contributed by atoms with Crippen LogP contribution in [0, 0.1) is 0 Å². The number of anilines is 1. The molecule has 3 heterocycles. The topological polar surface area (TPSA) is 46.9 Å². The highest BCUT2D eigenvalue weighted by Crippen LogP contribution is 2.49. The smallest absolute Gasteiger partial charge is 0.259 e. The lowest BCUT2D eigenvalue weighted by Gasteiger charge is -2.20. The Hall–Kier alpha value is -0.970. The van der Waals surface area contributed by atoms with Gasteiger partial charge >= 0.3 is 0 Å². The van der Waals surface area contributed by atoms with Gasteiger partial charge in [0.1, 0.15) is 5.03 Å². The van der Waals surface area contributed by atoms with Gasteiger partial charge in [-0.1, -0.05) is 19.3 Å². The summed E-state index contributed by atoms with van der Waals surface area (Å²) in [5.41, 5.74) is 1.26. The molecule has 0 bridgehead atoms. The molecule has 4 rings (SSSR count). The number of nitrogens with one attached hydrogen (secondary N) is 1. The van der Waals surface area contributed by atoms with Crippen LogP contribution in [-0.4, -0.2) is 21.3 Å². The van der Waals surface area contributed by atoms with Crippen LogP contribution in [0.2, 0.25) is 0 Å². The molecule has 1 aromatic heterocycles. The zero-order chi connectivity index (χ0) is 12.8. The van der Waals surface area contributed by atoms with Crippen molar-refractivity contribution in [2.75, 3.05) is 11.9 Å². The molecule has 0 radical (unpaired) electrons. The molecule has 4 nitrogen and oxygen atoms in total. The van der Waals surface area contributed by atoms with Crippen molar-refractivity contribution >= 4 is 17.7 Å². The van der Waals surface area contributed by atoms with E-state index < -0.39 is 0 Å². The van der Waals surface area contributed by atoms with E-state index in [1.54, 1.807) is 0 Å². The van der Waals surface area contributed by atoms with Crippen LogP contribution in [0.1, 0.15) is 50.0 Å². The Morgan fingerprint density at radius 3 is 3.05 bits per heavy atom. The molecular weight excluding hydrogens is 258 g/mol. The molecule has 1 N–H and O–H groups in total. The van der Waals surface area contributed by atoms with Gasteiger partial charge in [-0.25, -0.2) is 4.98 Å². The summed E-state index contributed by atoms with van der Waals surface area (Å²) in [5.74, 6) is 1.25. The van der Waals surface area contributed by atoms with E-state index in [0.717, 1.165) is 36.0 Å². The quantitative estimate of drug-likeness (QED) is 0.740. The highest BCUT2D eigenvalue weighted by atomic mass is 32.2. The molecule has 102 valence electrons. The van der Waals surface area contributed by atoms with Crippen molar-refractivity contribution in [2.45, 2.75) is 61.3 Å². The number of nitrogens with zero attached hydrogens (tertiary/aromatic N) is 2. The number of rotatable bonds is 0. The van der Waals surface area contributed by atoms with E-state index in [0.29, 0.717) is 11.2 Å². The molecule has 0 amide bonds. The van der Waals surface area contributed by atoms with E-state index in [1.165, 1.54) is 32.1 Å². The fourth-order valence-electron chi connectivity index (χ4n) is 3.62. The first kappa shape index (κ1) is 11.8. The third kappa shape index (κ3) is 1.82. The Morgan fingerprint density at radius 2 is 2.11 bits per heavy atom. The molecule has 5 heteroatoms. The SMILES string of the molecule is O=c1c2c(nc3n1CCCN3)SC1CCCCCC21. The molecular formula is C14H19N3OS. The highest BCUT2D eigenvalue weighted by molar-refractivity contribution is 8.00. The summed E-state index contributed by atoms with van der Waals surface area (Å²) in [6, 6.07) is 0. The molecule has 1 fully saturated rings. The van der Waals surface area contributed by atoms with Gasteiger partial charge in [0.15, 0.2) is 0 Å². The minimum Gasteiger partial charge on any atom is -0.355 e. The Bertz CT molecular complexity index is 569. The number of aromatic nitrogens is 2. The summed E-state index contributed by atoms with van der Waals surface area (Å²) < 4.78 is 1.86. The van der Waals surface area contributed by atoms with Crippen molar-refractivity contribution in [1.82, 2.24) is 9.55 Å². The van der Waals surface area contributed by atoms with E-state index in [-0.39, 0.29) is 5.56 Å². The molecule has 0 aromatic carbocycles. The third-order valence-corrected chi connectivity index (χ3v) is 6.00. The molecule has 2 atom stereocenters. The van der Waals surface area contributed by atoms with Crippen LogP contribution >= 0.6 is 11.8 Å². The van der Waals surface area contributed by atoms with E-state index >= 15 is 0 Å². The van der Waals surface area contributed by atoms with Crippen LogP contribution < -0.4 is 10.9 Å². The van der Waals surface area contributed by atoms with E-state index in [2.05, 4.69) is 5.32 Å². The first-order chi connectivity index (χ1) is 9.34. The normalized spacial score (nSPS) is 28.8. The van der Waals surface area contributed by atoms with Crippen molar-refractivity contribution < 1.29 is 0 Å².